The van der Waals surface area contributed by atoms with Gasteiger partial charge in [-0.25, -0.2) is 0 Å². The minimum Gasteiger partial charge on any atom is -0.549 e. The Labute approximate surface area is 176 Å². The van der Waals surface area contributed by atoms with Crippen molar-refractivity contribution in [2.75, 3.05) is 0 Å². The number of fused-ring (bicyclic) bond motifs is 1. The van der Waals surface area contributed by atoms with Crippen LogP contribution in [0.25, 0.3) is 0 Å². The predicted molar refractivity (Wildman–Crippen MR) is 77.7 cm³/mol. The topological polar surface area (TPSA) is 94.5 Å². The molecule has 1 N–H and O–H groups in total. The molecule has 2 aromatic rings. The van der Waals surface area contributed by atoms with Crippen molar-refractivity contribution in [3.8, 4) is 0 Å². The smallest absolute Gasteiger partial charge is 0.549 e. The average Bonchev–Trinajstić information content (AvgIpc) is 2.84. The van der Waals surface area contributed by atoms with Gasteiger partial charge in [0.15, 0.2) is 0 Å². The van der Waals surface area contributed by atoms with Gasteiger partial charge in [0.1, 0.15) is 5.25 Å². The zero-order valence-electron chi connectivity index (χ0n) is 12.5. The molecule has 23 heavy (non-hydrogen) atoms. The molecule has 7 heteroatoms. The van der Waals surface area contributed by atoms with E-state index >= 15 is 0 Å². The molecule has 0 heterocycles. The fourth-order valence-electron chi connectivity index (χ4n) is 3.34. The summed E-state index contributed by atoms with van der Waals surface area (Å²) in [6.07, 6.45) is -0.0715. The van der Waals surface area contributed by atoms with Crippen LogP contribution in [0.4, 0.5) is 0 Å². The summed E-state index contributed by atoms with van der Waals surface area (Å²) < 4.78 is 33.3. The van der Waals surface area contributed by atoms with Crippen molar-refractivity contribution in [3.63, 3.8) is 0 Å². The van der Waals surface area contributed by atoms with Crippen LogP contribution < -0.4 is 56.5 Å². The van der Waals surface area contributed by atoms with Gasteiger partial charge < -0.3 is 9.90 Å². The van der Waals surface area contributed by atoms with Crippen LogP contribution in [-0.4, -0.2) is 24.2 Å². The summed E-state index contributed by atoms with van der Waals surface area (Å²) in [5, 5.41) is 10.5. The number of carboxylic acid groups (broad SMARTS) is 1. The molecule has 2 aromatic carbocycles. The second-order valence-corrected chi connectivity index (χ2v) is 6.93. The molecule has 3 rings (SSSR count). The SMILES string of the molecule is O=C([O-])C1(c2ccccc2)c2ccccc2CC1S(=O)(=O)O.[K+]. The van der Waals surface area contributed by atoms with Crippen molar-refractivity contribution in [2.24, 2.45) is 0 Å². The average molecular weight is 356 g/mol. The summed E-state index contributed by atoms with van der Waals surface area (Å²) in [5.41, 5.74) is -0.699. The van der Waals surface area contributed by atoms with Gasteiger partial charge in [0, 0.05) is 0 Å². The molecular formula is C16H13KO5S. The van der Waals surface area contributed by atoms with Crippen LogP contribution in [0.3, 0.4) is 0 Å². The zero-order chi connectivity index (χ0) is 16.0. The number of benzene rings is 2. The second kappa shape index (κ2) is 6.76. The Kier molecular flexibility index (Phi) is 5.52. The van der Waals surface area contributed by atoms with E-state index in [1.165, 1.54) is 12.1 Å². The van der Waals surface area contributed by atoms with E-state index < -0.39 is 26.8 Å². The third kappa shape index (κ3) is 2.95. The number of rotatable bonds is 3. The van der Waals surface area contributed by atoms with Crippen LogP contribution in [0.1, 0.15) is 16.7 Å². The van der Waals surface area contributed by atoms with Gasteiger partial charge in [0.2, 0.25) is 0 Å². The number of aliphatic carboxylic acids is 1. The number of carbonyl (C=O) groups is 1. The third-order valence-electron chi connectivity index (χ3n) is 4.24. The van der Waals surface area contributed by atoms with Crippen LogP contribution in [0.5, 0.6) is 0 Å². The molecule has 1 aliphatic rings. The predicted octanol–water partition coefficient (Wildman–Crippen LogP) is -2.46. The first-order valence-electron chi connectivity index (χ1n) is 6.70. The molecule has 5 nitrogen and oxygen atoms in total. The van der Waals surface area contributed by atoms with Crippen molar-refractivity contribution < 1.29 is 74.3 Å². The summed E-state index contributed by atoms with van der Waals surface area (Å²) in [4.78, 5) is 12.1. The molecule has 1 aliphatic carbocycles. The minimum atomic E-state index is -4.59. The molecule has 2 unspecified atom stereocenters. The molecule has 0 radical (unpaired) electrons. The Balaban J connectivity index is 0.00000192. The van der Waals surface area contributed by atoms with Gasteiger partial charge in [-0.15, -0.1) is 0 Å². The Hall–Kier alpha value is -0.544. The molecule has 0 spiro atoms. The Morgan fingerprint density at radius 3 is 2.22 bits per heavy atom. The van der Waals surface area contributed by atoms with Gasteiger partial charge in [-0.3, -0.25) is 4.55 Å². The monoisotopic (exact) mass is 356 g/mol. The van der Waals surface area contributed by atoms with Crippen LogP contribution in [0.2, 0.25) is 0 Å². The molecule has 0 bridgehead atoms. The Morgan fingerprint density at radius 2 is 1.65 bits per heavy atom. The molecule has 2 atom stereocenters. The fourth-order valence-corrected chi connectivity index (χ4v) is 4.54. The first-order valence-corrected chi connectivity index (χ1v) is 8.20. The molecule has 0 aliphatic heterocycles. The Morgan fingerprint density at radius 1 is 1.09 bits per heavy atom. The van der Waals surface area contributed by atoms with E-state index in [4.69, 9.17) is 0 Å². The normalized spacial score (nSPS) is 22.9. The molecule has 0 saturated carbocycles. The zero-order valence-corrected chi connectivity index (χ0v) is 16.4. The van der Waals surface area contributed by atoms with E-state index in [2.05, 4.69) is 0 Å². The quantitative estimate of drug-likeness (QED) is 0.486. The summed E-state index contributed by atoms with van der Waals surface area (Å²) in [7, 11) is -4.59. The molecular weight excluding hydrogens is 343 g/mol. The van der Waals surface area contributed by atoms with Crippen LogP contribution in [0, 0.1) is 0 Å². The number of carbonyl (C=O) groups excluding carboxylic acids is 1. The van der Waals surface area contributed by atoms with E-state index in [1.54, 1.807) is 42.5 Å². The molecule has 0 fully saturated rings. The second-order valence-electron chi connectivity index (χ2n) is 5.33. The van der Waals surface area contributed by atoms with Crippen LogP contribution in [-0.2, 0) is 26.7 Å². The number of hydrogen-bond acceptors (Lipinski definition) is 4. The van der Waals surface area contributed by atoms with Crippen molar-refractivity contribution in [1.82, 2.24) is 0 Å². The van der Waals surface area contributed by atoms with Gasteiger partial charge in [-0.1, -0.05) is 54.6 Å². The van der Waals surface area contributed by atoms with Gasteiger partial charge in [-0.2, -0.15) is 8.42 Å². The van der Waals surface area contributed by atoms with Gasteiger partial charge in [0.25, 0.3) is 10.1 Å². The van der Waals surface area contributed by atoms with E-state index in [-0.39, 0.29) is 63.4 Å². The summed E-state index contributed by atoms with van der Waals surface area (Å²) in [6.45, 7) is 0. The van der Waals surface area contributed by atoms with Crippen molar-refractivity contribution >= 4 is 16.1 Å². The van der Waals surface area contributed by atoms with Crippen LogP contribution in [0.15, 0.2) is 54.6 Å². The molecule has 0 amide bonds. The molecule has 114 valence electrons. The van der Waals surface area contributed by atoms with Crippen LogP contribution >= 0.6 is 0 Å². The fraction of sp³-hybridized carbons (Fsp3) is 0.188. The van der Waals surface area contributed by atoms with E-state index in [9.17, 15) is 22.9 Å². The maximum absolute atomic E-state index is 12.1. The number of carboxylic acids is 1. The van der Waals surface area contributed by atoms with Gasteiger partial charge >= 0.3 is 51.4 Å². The van der Waals surface area contributed by atoms with E-state index in [0.717, 1.165) is 0 Å². The summed E-state index contributed by atoms with van der Waals surface area (Å²) in [6, 6.07) is 14.6. The van der Waals surface area contributed by atoms with Gasteiger partial charge in [-0.05, 0) is 23.1 Å². The van der Waals surface area contributed by atoms with E-state index in [0.29, 0.717) is 11.1 Å². The first kappa shape index (κ1) is 18.8. The van der Waals surface area contributed by atoms with Crippen molar-refractivity contribution in [2.45, 2.75) is 17.1 Å². The van der Waals surface area contributed by atoms with E-state index in [1.807, 2.05) is 0 Å². The largest absolute Gasteiger partial charge is 1.00 e. The van der Waals surface area contributed by atoms with Gasteiger partial charge in [0.05, 0.1) is 11.4 Å². The standard InChI is InChI=1S/C16H14O5S.K/c17-15(18)16(12-7-2-1-3-8-12)13-9-5-4-6-11(13)10-14(16)22(19,20)21;/h1-9,14H,10H2,(H,17,18)(H,19,20,21);/q;+1/p-1. The summed E-state index contributed by atoms with van der Waals surface area (Å²) in [5.74, 6) is -1.54. The maximum Gasteiger partial charge on any atom is 1.00 e. The first-order chi connectivity index (χ1) is 10.4. The Bertz CT molecular complexity index is 835. The van der Waals surface area contributed by atoms with Crippen molar-refractivity contribution in [1.29, 1.82) is 0 Å². The number of hydrogen-bond donors (Lipinski definition) is 1. The minimum absolute atomic E-state index is 0. The molecule has 0 saturated heterocycles. The third-order valence-corrected chi connectivity index (χ3v) is 5.48. The van der Waals surface area contributed by atoms with Crippen molar-refractivity contribution in [3.05, 3.63) is 71.3 Å². The summed E-state index contributed by atoms with van der Waals surface area (Å²) >= 11 is 0. The maximum atomic E-state index is 12.1. The molecule has 0 aromatic heterocycles.